The average Bonchev–Trinajstić information content (AvgIpc) is 2.79. The van der Waals surface area contributed by atoms with Gasteiger partial charge in [-0.1, -0.05) is 0 Å². The van der Waals surface area contributed by atoms with E-state index >= 15 is 0 Å². The van der Waals surface area contributed by atoms with Crippen molar-refractivity contribution in [1.29, 1.82) is 0 Å². The highest BCUT2D eigenvalue weighted by atomic mass is 32.2. The van der Waals surface area contributed by atoms with Crippen LogP contribution in [0.2, 0.25) is 0 Å². The van der Waals surface area contributed by atoms with Crippen molar-refractivity contribution in [2.75, 3.05) is 38.8 Å². The predicted octanol–water partition coefficient (Wildman–Crippen LogP) is 0.935. The van der Waals surface area contributed by atoms with Gasteiger partial charge < -0.3 is 25.0 Å². The lowest BCUT2D eigenvalue weighted by Crippen LogP contribution is -2.43. The maximum absolute atomic E-state index is 12.2. The Morgan fingerprint density at radius 2 is 1.82 bits per heavy atom. The molecule has 3 heterocycles. The molecule has 4 rings (SSSR count). The van der Waals surface area contributed by atoms with Gasteiger partial charge in [-0.15, -0.1) is 0 Å². The molecule has 0 amide bonds. The predicted molar refractivity (Wildman–Crippen MR) is 125 cm³/mol. The number of aliphatic hydroxyl groups is 1. The van der Waals surface area contributed by atoms with Crippen LogP contribution in [0.3, 0.4) is 0 Å². The number of allylic oxidation sites excluding steroid dienone is 1. The van der Waals surface area contributed by atoms with E-state index < -0.39 is 16.3 Å². The lowest BCUT2D eigenvalue weighted by atomic mass is 9.91. The smallest absolute Gasteiger partial charge is 0.344 e. The fraction of sp³-hybridized carbons (Fsp3) is 0.476. The van der Waals surface area contributed by atoms with Gasteiger partial charge in [-0.05, 0) is 37.8 Å². The molecule has 3 N–H and O–H groups in total. The maximum Gasteiger partial charge on any atom is 0.344 e. The number of nitrogens with zero attached hydrogens (tertiary/aromatic N) is 5. The van der Waals surface area contributed by atoms with Crippen LogP contribution in [-0.4, -0.2) is 78.9 Å². The number of anilines is 1. The first-order valence-corrected chi connectivity index (χ1v) is 11.8. The zero-order chi connectivity index (χ0) is 22.9. The van der Waals surface area contributed by atoms with E-state index in [2.05, 4.69) is 19.3 Å². The molecule has 0 bridgehead atoms. The number of hydrogen-bond acceptors (Lipinski definition) is 8. The van der Waals surface area contributed by atoms with Crippen molar-refractivity contribution >= 4 is 32.6 Å². The van der Waals surface area contributed by atoms with E-state index in [0.29, 0.717) is 43.1 Å². The van der Waals surface area contributed by atoms with Crippen LogP contribution in [0, 0.1) is 5.92 Å². The average molecular weight is 480 g/mol. The van der Waals surface area contributed by atoms with Gasteiger partial charge in [-0.25, -0.2) is 9.97 Å². The minimum Gasteiger partial charge on any atom is -0.493 e. The molecule has 1 aromatic carbocycles. The van der Waals surface area contributed by atoms with Crippen LogP contribution in [0.4, 0.5) is 5.82 Å². The molecule has 1 unspecified atom stereocenters. The standard InChI is InChI=1S/C21H27N5O5S.H2O/c1-14-4-9-26(32(28,29)24-14)12-18(27)15-5-7-25(8-6-15)21-16-10-19(30-2)20(31-3)11-17(16)22-13-23-21;/h4,9-11,13,15,18,27H,5-8,12H2,1-3H3;1H2. The molecule has 0 aliphatic carbocycles. The number of ether oxygens (including phenoxy) is 2. The summed E-state index contributed by atoms with van der Waals surface area (Å²) in [6, 6.07) is 3.70. The molecule has 0 saturated carbocycles. The highest BCUT2D eigenvalue weighted by Crippen LogP contribution is 2.36. The van der Waals surface area contributed by atoms with Crippen molar-refractivity contribution in [3.8, 4) is 11.5 Å². The molecular formula is C21H29N5O6S. The summed E-state index contributed by atoms with van der Waals surface area (Å²) in [7, 11) is -0.601. The number of benzene rings is 1. The Bertz CT molecular complexity index is 1160. The lowest BCUT2D eigenvalue weighted by Gasteiger charge is -2.36. The number of fused-ring (bicyclic) bond motifs is 1. The van der Waals surface area contributed by atoms with Gasteiger partial charge in [-0.3, -0.25) is 4.31 Å². The van der Waals surface area contributed by atoms with Crippen LogP contribution >= 0.6 is 0 Å². The lowest BCUT2D eigenvalue weighted by molar-refractivity contribution is 0.0812. The Labute approximate surface area is 192 Å². The van der Waals surface area contributed by atoms with Crippen LogP contribution in [0.1, 0.15) is 19.8 Å². The fourth-order valence-corrected chi connectivity index (χ4v) is 5.22. The highest BCUT2D eigenvalue weighted by molar-refractivity contribution is 7.88. The number of β-amino-alcohol motifs (C(OH)–C–C–N with tert-alkyl or cyclic N) is 1. The second kappa shape index (κ2) is 9.89. The van der Waals surface area contributed by atoms with Gasteiger partial charge in [0.05, 0.1) is 38.1 Å². The van der Waals surface area contributed by atoms with Gasteiger partial charge in [0.1, 0.15) is 12.1 Å². The van der Waals surface area contributed by atoms with E-state index in [9.17, 15) is 13.5 Å². The number of aliphatic hydroxyl groups excluding tert-OH is 1. The topological polar surface area (TPSA) is 149 Å². The molecule has 1 saturated heterocycles. The summed E-state index contributed by atoms with van der Waals surface area (Å²) in [6.07, 6.45) is 5.25. The molecule has 12 heteroatoms. The van der Waals surface area contributed by atoms with Gasteiger partial charge in [0.2, 0.25) is 0 Å². The van der Waals surface area contributed by atoms with Gasteiger partial charge in [0.15, 0.2) is 11.5 Å². The minimum atomic E-state index is -3.77. The molecule has 0 spiro atoms. The molecule has 2 aromatic rings. The maximum atomic E-state index is 12.2. The van der Waals surface area contributed by atoms with E-state index in [0.717, 1.165) is 21.0 Å². The minimum absolute atomic E-state index is 0. The Kier molecular flexibility index (Phi) is 7.40. The van der Waals surface area contributed by atoms with E-state index in [4.69, 9.17) is 9.47 Å². The van der Waals surface area contributed by atoms with Crippen molar-refractivity contribution in [2.45, 2.75) is 25.9 Å². The van der Waals surface area contributed by atoms with Gasteiger partial charge in [0, 0.05) is 30.7 Å². The summed E-state index contributed by atoms with van der Waals surface area (Å²) in [6.45, 7) is 2.98. The first kappa shape index (κ1) is 24.7. The van der Waals surface area contributed by atoms with Crippen LogP contribution in [-0.2, 0) is 10.2 Å². The summed E-state index contributed by atoms with van der Waals surface area (Å²) in [4.78, 5) is 11.0. The first-order chi connectivity index (χ1) is 15.3. The Hall–Kier alpha value is -2.96. The van der Waals surface area contributed by atoms with Crippen molar-refractivity contribution < 1.29 is 28.5 Å². The van der Waals surface area contributed by atoms with Gasteiger partial charge in [-0.2, -0.15) is 12.8 Å². The Morgan fingerprint density at radius 1 is 1.15 bits per heavy atom. The summed E-state index contributed by atoms with van der Waals surface area (Å²) in [5.41, 5.74) is 1.18. The van der Waals surface area contributed by atoms with Gasteiger partial charge >= 0.3 is 10.2 Å². The normalized spacial score (nSPS) is 19.1. The number of rotatable bonds is 6. The SMILES string of the molecule is COc1cc2ncnc(N3CCC(C(O)CN4C=CC(C)=NS4(=O)=O)CC3)c2cc1OC.O. The largest absolute Gasteiger partial charge is 0.493 e. The third kappa shape index (κ3) is 5.02. The molecule has 33 heavy (non-hydrogen) atoms. The van der Waals surface area contributed by atoms with Crippen LogP contribution in [0.5, 0.6) is 11.5 Å². The van der Waals surface area contributed by atoms with Gasteiger partial charge in [0.25, 0.3) is 0 Å². The first-order valence-electron chi connectivity index (χ1n) is 10.4. The number of methoxy groups -OCH3 is 2. The second-order valence-electron chi connectivity index (χ2n) is 7.91. The highest BCUT2D eigenvalue weighted by Gasteiger charge is 2.31. The van der Waals surface area contributed by atoms with Crippen molar-refractivity contribution in [1.82, 2.24) is 14.3 Å². The molecule has 0 radical (unpaired) electrons. The van der Waals surface area contributed by atoms with Crippen molar-refractivity contribution in [3.05, 3.63) is 30.7 Å². The number of aromatic nitrogens is 2. The molecule has 1 aromatic heterocycles. The molecule has 1 atom stereocenters. The molecule has 2 aliphatic heterocycles. The third-order valence-corrected chi connectivity index (χ3v) is 7.29. The van der Waals surface area contributed by atoms with Crippen molar-refractivity contribution in [3.63, 3.8) is 0 Å². The molecule has 2 aliphatic rings. The Morgan fingerprint density at radius 3 is 2.45 bits per heavy atom. The fourth-order valence-electron chi connectivity index (χ4n) is 4.14. The zero-order valence-electron chi connectivity index (χ0n) is 18.8. The zero-order valence-corrected chi connectivity index (χ0v) is 19.6. The molecule has 180 valence electrons. The summed E-state index contributed by atoms with van der Waals surface area (Å²) in [5, 5.41) is 11.6. The summed E-state index contributed by atoms with van der Waals surface area (Å²) < 4.78 is 40.0. The number of piperidine rings is 1. The van der Waals surface area contributed by atoms with E-state index in [1.54, 1.807) is 27.2 Å². The van der Waals surface area contributed by atoms with Crippen LogP contribution in [0.15, 0.2) is 35.1 Å². The summed E-state index contributed by atoms with van der Waals surface area (Å²) in [5.74, 6) is 1.99. The molecule has 1 fully saturated rings. The summed E-state index contributed by atoms with van der Waals surface area (Å²) >= 11 is 0. The second-order valence-corrected chi connectivity index (χ2v) is 9.46. The van der Waals surface area contributed by atoms with Crippen LogP contribution < -0.4 is 14.4 Å². The van der Waals surface area contributed by atoms with Crippen LogP contribution in [0.25, 0.3) is 10.9 Å². The van der Waals surface area contributed by atoms with Crippen molar-refractivity contribution in [2.24, 2.45) is 10.3 Å². The van der Waals surface area contributed by atoms with E-state index in [1.165, 1.54) is 12.5 Å². The monoisotopic (exact) mass is 479 g/mol. The molecule has 11 nitrogen and oxygen atoms in total. The molecular weight excluding hydrogens is 450 g/mol. The number of hydrogen-bond donors (Lipinski definition) is 1. The van der Waals surface area contributed by atoms with E-state index in [-0.39, 0.29) is 17.9 Å². The van der Waals surface area contributed by atoms with E-state index in [1.807, 2.05) is 12.1 Å². The Balaban J connectivity index is 0.00000306. The quantitative estimate of drug-likeness (QED) is 0.643. The third-order valence-electron chi connectivity index (χ3n) is 5.91.